The molecule has 3 unspecified atom stereocenters. The lowest BCUT2D eigenvalue weighted by Crippen LogP contribution is -2.45. The van der Waals surface area contributed by atoms with E-state index in [1.807, 2.05) is 0 Å². The van der Waals surface area contributed by atoms with Crippen LogP contribution in [0.15, 0.2) is 0 Å². The van der Waals surface area contributed by atoms with Crippen molar-refractivity contribution in [2.45, 2.75) is 64.0 Å². The van der Waals surface area contributed by atoms with Crippen molar-refractivity contribution in [3.8, 4) is 12.1 Å². The predicted octanol–water partition coefficient (Wildman–Crippen LogP) is 3.08. The van der Waals surface area contributed by atoms with Crippen LogP contribution in [0.25, 0.3) is 0 Å². The van der Waals surface area contributed by atoms with Gasteiger partial charge in [-0.15, -0.1) is 0 Å². The number of hydrogen-bond acceptors (Lipinski definition) is 3. The monoisotopic (exact) mass is 245 g/mol. The van der Waals surface area contributed by atoms with Gasteiger partial charge >= 0.3 is 0 Å². The quantitative estimate of drug-likeness (QED) is 0.748. The van der Waals surface area contributed by atoms with E-state index in [2.05, 4.69) is 24.0 Å². The summed E-state index contributed by atoms with van der Waals surface area (Å²) in [5.41, 5.74) is 0. The molecule has 2 rings (SSSR count). The van der Waals surface area contributed by atoms with Gasteiger partial charge in [0.05, 0.1) is 18.1 Å². The van der Waals surface area contributed by atoms with Crippen LogP contribution in [0.3, 0.4) is 0 Å². The molecule has 3 heteroatoms. The van der Waals surface area contributed by atoms with Gasteiger partial charge in [0.2, 0.25) is 0 Å². The minimum absolute atomic E-state index is 0.187. The van der Waals surface area contributed by atoms with Gasteiger partial charge in [-0.1, -0.05) is 13.3 Å². The summed E-state index contributed by atoms with van der Waals surface area (Å²) in [4.78, 5) is 2.49. The molecule has 0 amide bonds. The second kappa shape index (κ2) is 6.21. The van der Waals surface area contributed by atoms with Gasteiger partial charge in [0, 0.05) is 25.0 Å². The molecule has 2 saturated carbocycles. The maximum Gasteiger partial charge on any atom is 0.0672 e. The highest BCUT2D eigenvalue weighted by Crippen LogP contribution is 2.38. The van der Waals surface area contributed by atoms with Gasteiger partial charge in [0.15, 0.2) is 0 Å². The van der Waals surface area contributed by atoms with Crippen molar-refractivity contribution in [3.05, 3.63) is 0 Å². The number of nitriles is 2. The summed E-state index contributed by atoms with van der Waals surface area (Å²) < 4.78 is 0. The van der Waals surface area contributed by atoms with E-state index in [1.54, 1.807) is 0 Å². The summed E-state index contributed by atoms with van der Waals surface area (Å²) >= 11 is 0. The Hall–Kier alpha value is -1.06. The Morgan fingerprint density at radius 2 is 1.94 bits per heavy atom. The molecule has 3 atom stereocenters. The van der Waals surface area contributed by atoms with Crippen LogP contribution >= 0.6 is 0 Å². The highest BCUT2D eigenvalue weighted by atomic mass is 15.2. The molecule has 18 heavy (non-hydrogen) atoms. The standard InChI is InChI=1S/C15H23N3/c1-2-12-4-5-13(11-17)15(10-12)18(9-3-8-16)14-6-7-14/h12-15H,2-7,9-10H2,1H3. The molecule has 0 aliphatic heterocycles. The molecule has 2 fully saturated rings. The van der Waals surface area contributed by atoms with Crippen LogP contribution in [0.1, 0.15) is 51.9 Å². The van der Waals surface area contributed by atoms with E-state index in [9.17, 15) is 5.26 Å². The van der Waals surface area contributed by atoms with E-state index < -0.39 is 0 Å². The van der Waals surface area contributed by atoms with Crippen LogP contribution in [0.5, 0.6) is 0 Å². The Kier molecular flexibility index (Phi) is 4.61. The molecule has 0 saturated heterocycles. The highest BCUT2D eigenvalue weighted by molar-refractivity contribution is 5.01. The highest BCUT2D eigenvalue weighted by Gasteiger charge is 2.40. The van der Waals surface area contributed by atoms with Crippen LogP contribution < -0.4 is 0 Å². The molecule has 0 aromatic rings. The van der Waals surface area contributed by atoms with E-state index in [4.69, 9.17) is 5.26 Å². The van der Waals surface area contributed by atoms with Crippen LogP contribution in [-0.2, 0) is 0 Å². The van der Waals surface area contributed by atoms with Crippen LogP contribution in [0, 0.1) is 34.5 Å². The van der Waals surface area contributed by atoms with Crippen LogP contribution in [0.2, 0.25) is 0 Å². The third kappa shape index (κ3) is 3.03. The summed E-state index contributed by atoms with van der Waals surface area (Å²) in [6, 6.07) is 5.84. The molecular formula is C15H23N3. The first-order valence-electron chi connectivity index (χ1n) is 7.32. The fourth-order valence-electron chi connectivity index (χ4n) is 3.32. The first kappa shape index (κ1) is 13.4. The fraction of sp³-hybridized carbons (Fsp3) is 0.867. The molecule has 0 radical (unpaired) electrons. The van der Waals surface area contributed by atoms with Gasteiger partial charge in [-0.25, -0.2) is 0 Å². The Morgan fingerprint density at radius 3 is 2.50 bits per heavy atom. The number of rotatable bonds is 5. The topological polar surface area (TPSA) is 50.8 Å². The second-order valence-electron chi connectivity index (χ2n) is 5.77. The minimum atomic E-state index is 0.187. The summed E-state index contributed by atoms with van der Waals surface area (Å²) in [7, 11) is 0. The predicted molar refractivity (Wildman–Crippen MR) is 70.5 cm³/mol. The average molecular weight is 245 g/mol. The lowest BCUT2D eigenvalue weighted by Gasteiger charge is -2.40. The third-order valence-corrected chi connectivity index (χ3v) is 4.59. The van der Waals surface area contributed by atoms with Crippen molar-refractivity contribution in [1.82, 2.24) is 4.90 Å². The van der Waals surface area contributed by atoms with Crippen molar-refractivity contribution in [3.63, 3.8) is 0 Å². The number of nitrogens with zero attached hydrogens (tertiary/aromatic N) is 3. The maximum absolute atomic E-state index is 9.36. The average Bonchev–Trinajstić information content (AvgIpc) is 3.23. The SMILES string of the molecule is CCC1CCC(C#N)C(N(CCC#N)C2CC2)C1. The molecule has 0 N–H and O–H groups in total. The lowest BCUT2D eigenvalue weighted by molar-refractivity contribution is 0.0942. The van der Waals surface area contributed by atoms with Crippen molar-refractivity contribution < 1.29 is 0 Å². The summed E-state index contributed by atoms with van der Waals surface area (Å²) in [5.74, 6) is 0.968. The van der Waals surface area contributed by atoms with Gasteiger partial charge in [-0.2, -0.15) is 10.5 Å². The van der Waals surface area contributed by atoms with E-state index in [1.165, 1.54) is 25.7 Å². The molecule has 98 valence electrons. The summed E-state index contributed by atoms with van der Waals surface area (Å²) in [5, 5.41) is 18.2. The Labute approximate surface area is 110 Å². The van der Waals surface area contributed by atoms with Gasteiger partial charge in [-0.05, 0) is 38.0 Å². The Bertz CT molecular complexity index is 348. The van der Waals surface area contributed by atoms with E-state index in [0.717, 1.165) is 25.3 Å². The molecule has 0 aromatic carbocycles. The zero-order chi connectivity index (χ0) is 13.0. The zero-order valence-corrected chi connectivity index (χ0v) is 11.3. The van der Waals surface area contributed by atoms with Gasteiger partial charge < -0.3 is 0 Å². The first-order valence-corrected chi connectivity index (χ1v) is 7.32. The molecule has 3 nitrogen and oxygen atoms in total. The minimum Gasteiger partial charge on any atom is -0.295 e. The van der Waals surface area contributed by atoms with E-state index in [0.29, 0.717) is 18.5 Å². The van der Waals surface area contributed by atoms with Gasteiger partial charge in [-0.3, -0.25) is 4.90 Å². The normalized spacial score (nSPS) is 31.9. The van der Waals surface area contributed by atoms with Gasteiger partial charge in [0.25, 0.3) is 0 Å². The second-order valence-corrected chi connectivity index (χ2v) is 5.77. The van der Waals surface area contributed by atoms with Crippen molar-refractivity contribution in [2.75, 3.05) is 6.54 Å². The Morgan fingerprint density at radius 1 is 1.17 bits per heavy atom. The smallest absolute Gasteiger partial charge is 0.0672 e. The van der Waals surface area contributed by atoms with Crippen molar-refractivity contribution in [1.29, 1.82) is 10.5 Å². The molecule has 0 aromatic heterocycles. The fourth-order valence-corrected chi connectivity index (χ4v) is 3.32. The number of hydrogen-bond donors (Lipinski definition) is 0. The van der Waals surface area contributed by atoms with Crippen LogP contribution in [0.4, 0.5) is 0 Å². The largest absolute Gasteiger partial charge is 0.295 e. The van der Waals surface area contributed by atoms with E-state index in [-0.39, 0.29) is 5.92 Å². The molecular weight excluding hydrogens is 222 g/mol. The molecule has 0 spiro atoms. The zero-order valence-electron chi connectivity index (χ0n) is 11.3. The molecule has 2 aliphatic carbocycles. The van der Waals surface area contributed by atoms with Crippen molar-refractivity contribution in [2.24, 2.45) is 11.8 Å². The maximum atomic E-state index is 9.36. The van der Waals surface area contributed by atoms with E-state index >= 15 is 0 Å². The molecule has 2 aliphatic rings. The molecule has 0 heterocycles. The summed E-state index contributed by atoms with van der Waals surface area (Å²) in [6.07, 6.45) is 7.77. The first-order chi connectivity index (χ1) is 8.80. The Balaban J connectivity index is 2.04. The van der Waals surface area contributed by atoms with Crippen LogP contribution in [-0.4, -0.2) is 23.5 Å². The summed E-state index contributed by atoms with van der Waals surface area (Å²) in [6.45, 7) is 3.12. The third-order valence-electron chi connectivity index (χ3n) is 4.59. The van der Waals surface area contributed by atoms with Crippen molar-refractivity contribution >= 4 is 0 Å². The lowest BCUT2D eigenvalue weighted by atomic mass is 9.77. The molecule has 0 bridgehead atoms. The van der Waals surface area contributed by atoms with Gasteiger partial charge in [0.1, 0.15) is 0 Å².